The molecular weight excluding hydrogens is 366 g/mol. The first-order valence-electron chi connectivity index (χ1n) is 7.31. The van der Waals surface area contributed by atoms with Gasteiger partial charge in [-0.2, -0.15) is 5.10 Å². The summed E-state index contributed by atoms with van der Waals surface area (Å²) in [5.74, 6) is 0.198. The second-order valence-electron chi connectivity index (χ2n) is 5.03. The number of thiocarbonyl (C=S) groups is 1. The zero-order valence-electron chi connectivity index (χ0n) is 12.4. The second-order valence-corrected chi connectivity index (χ2v) is 6.35. The molecule has 1 aliphatic rings. The SMILES string of the molecule is CC/C(=N\NC(=S)NC[C@H]1CCCO1)c1cc(Br)ccc1O. The normalized spacial score (nSPS) is 18.3. The molecule has 0 amide bonds. The molecule has 0 unspecified atom stereocenters. The van der Waals surface area contributed by atoms with Gasteiger partial charge in [-0.15, -0.1) is 0 Å². The van der Waals surface area contributed by atoms with Crippen LogP contribution in [0.25, 0.3) is 0 Å². The van der Waals surface area contributed by atoms with Crippen LogP contribution >= 0.6 is 28.1 Å². The van der Waals surface area contributed by atoms with E-state index in [1.54, 1.807) is 12.1 Å². The van der Waals surface area contributed by atoms with E-state index in [1.165, 1.54) is 0 Å². The molecule has 1 aromatic carbocycles. The third kappa shape index (κ3) is 4.93. The van der Waals surface area contributed by atoms with Crippen LogP contribution in [0.5, 0.6) is 5.75 Å². The van der Waals surface area contributed by atoms with E-state index < -0.39 is 0 Å². The Balaban J connectivity index is 1.93. The largest absolute Gasteiger partial charge is 0.507 e. The Morgan fingerprint density at radius 1 is 1.55 bits per heavy atom. The van der Waals surface area contributed by atoms with Crippen LogP contribution in [0.2, 0.25) is 0 Å². The van der Waals surface area contributed by atoms with Crippen LogP contribution in [0.15, 0.2) is 27.8 Å². The van der Waals surface area contributed by atoms with Gasteiger partial charge in [-0.25, -0.2) is 0 Å². The van der Waals surface area contributed by atoms with Crippen molar-refractivity contribution in [1.82, 2.24) is 10.7 Å². The van der Waals surface area contributed by atoms with E-state index >= 15 is 0 Å². The zero-order valence-corrected chi connectivity index (χ0v) is 14.8. The van der Waals surface area contributed by atoms with E-state index in [0.29, 0.717) is 23.6 Å². The fraction of sp³-hybridized carbons (Fsp3) is 0.467. The summed E-state index contributed by atoms with van der Waals surface area (Å²) < 4.78 is 6.41. The lowest BCUT2D eigenvalue weighted by Gasteiger charge is -2.13. The van der Waals surface area contributed by atoms with Crippen molar-refractivity contribution in [2.75, 3.05) is 13.2 Å². The number of hydrazone groups is 1. The summed E-state index contributed by atoms with van der Waals surface area (Å²) in [6, 6.07) is 5.26. The minimum atomic E-state index is 0.198. The van der Waals surface area contributed by atoms with Crippen molar-refractivity contribution in [3.05, 3.63) is 28.2 Å². The minimum absolute atomic E-state index is 0.198. The van der Waals surface area contributed by atoms with Crippen LogP contribution in [0.1, 0.15) is 31.7 Å². The van der Waals surface area contributed by atoms with E-state index in [0.717, 1.165) is 29.6 Å². The molecule has 0 aliphatic carbocycles. The first kappa shape index (κ1) is 17.2. The summed E-state index contributed by atoms with van der Waals surface area (Å²) >= 11 is 8.60. The highest BCUT2D eigenvalue weighted by molar-refractivity contribution is 9.10. The van der Waals surface area contributed by atoms with Gasteiger partial charge >= 0.3 is 0 Å². The highest BCUT2D eigenvalue weighted by Gasteiger charge is 2.15. The number of benzene rings is 1. The summed E-state index contributed by atoms with van der Waals surface area (Å²) in [5.41, 5.74) is 4.25. The molecule has 7 heteroatoms. The molecule has 0 spiro atoms. The van der Waals surface area contributed by atoms with Crippen molar-refractivity contribution in [2.45, 2.75) is 32.3 Å². The molecule has 1 aliphatic heterocycles. The van der Waals surface area contributed by atoms with Crippen molar-refractivity contribution in [3.63, 3.8) is 0 Å². The van der Waals surface area contributed by atoms with Crippen LogP contribution in [-0.4, -0.2) is 35.2 Å². The Hall–Kier alpha value is -1.18. The average Bonchev–Trinajstić information content (AvgIpc) is 3.02. The number of aromatic hydroxyl groups is 1. The van der Waals surface area contributed by atoms with Crippen LogP contribution < -0.4 is 10.7 Å². The molecule has 1 aromatic rings. The Kier molecular flexibility index (Phi) is 6.60. The van der Waals surface area contributed by atoms with E-state index in [4.69, 9.17) is 17.0 Å². The van der Waals surface area contributed by atoms with Crippen LogP contribution in [0.3, 0.4) is 0 Å². The standard InChI is InChI=1S/C15H20BrN3O2S/c1-2-13(12-8-10(16)5-6-14(12)20)18-19-15(22)17-9-11-4-3-7-21-11/h5-6,8,11,20H,2-4,7,9H2,1H3,(H2,17,19,22)/b18-13+/t11-/m1/s1. The number of nitrogens with one attached hydrogen (secondary N) is 2. The molecule has 2 rings (SSSR count). The number of rotatable bonds is 5. The van der Waals surface area contributed by atoms with Crippen LogP contribution in [-0.2, 0) is 4.74 Å². The van der Waals surface area contributed by atoms with E-state index in [-0.39, 0.29) is 11.9 Å². The number of phenolic OH excluding ortho intramolecular Hbond substituents is 1. The fourth-order valence-corrected chi connectivity index (χ4v) is 2.73. The van der Waals surface area contributed by atoms with Crippen molar-refractivity contribution in [1.29, 1.82) is 0 Å². The number of ether oxygens (including phenoxy) is 1. The maximum atomic E-state index is 9.95. The minimum Gasteiger partial charge on any atom is -0.507 e. The summed E-state index contributed by atoms with van der Waals surface area (Å²) in [4.78, 5) is 0. The van der Waals surface area contributed by atoms with Gasteiger partial charge in [0.1, 0.15) is 5.75 Å². The summed E-state index contributed by atoms with van der Waals surface area (Å²) in [7, 11) is 0. The molecule has 22 heavy (non-hydrogen) atoms. The van der Waals surface area contributed by atoms with Crippen molar-refractivity contribution in [3.8, 4) is 5.75 Å². The van der Waals surface area contributed by atoms with Gasteiger partial charge in [-0.1, -0.05) is 22.9 Å². The lowest BCUT2D eigenvalue weighted by molar-refractivity contribution is 0.114. The Labute approximate surface area is 144 Å². The number of halogens is 1. The van der Waals surface area contributed by atoms with Crippen molar-refractivity contribution in [2.24, 2.45) is 5.10 Å². The number of nitrogens with zero attached hydrogens (tertiary/aromatic N) is 1. The molecule has 0 aromatic heterocycles. The summed E-state index contributed by atoms with van der Waals surface area (Å²) in [6.07, 6.45) is 3.06. The molecule has 1 atom stereocenters. The predicted octanol–water partition coefficient (Wildman–Crippen LogP) is 2.91. The molecule has 1 saturated heterocycles. The molecular formula is C15H20BrN3O2S. The maximum Gasteiger partial charge on any atom is 0.187 e. The fourth-order valence-electron chi connectivity index (χ4n) is 2.24. The highest BCUT2D eigenvalue weighted by Crippen LogP contribution is 2.23. The van der Waals surface area contributed by atoms with Crippen molar-refractivity contribution < 1.29 is 9.84 Å². The average molecular weight is 386 g/mol. The first-order valence-corrected chi connectivity index (χ1v) is 8.51. The van der Waals surface area contributed by atoms with Crippen LogP contribution in [0.4, 0.5) is 0 Å². The topological polar surface area (TPSA) is 65.9 Å². The highest BCUT2D eigenvalue weighted by atomic mass is 79.9. The number of phenols is 1. The Bertz CT molecular complexity index is 560. The lowest BCUT2D eigenvalue weighted by Crippen LogP contribution is -2.37. The third-order valence-electron chi connectivity index (χ3n) is 3.41. The maximum absolute atomic E-state index is 9.95. The van der Waals surface area contributed by atoms with Gasteiger partial charge < -0.3 is 15.2 Å². The smallest absolute Gasteiger partial charge is 0.187 e. The van der Waals surface area contributed by atoms with Gasteiger partial charge in [0.2, 0.25) is 0 Å². The van der Waals surface area contributed by atoms with Gasteiger partial charge in [0, 0.05) is 23.2 Å². The molecule has 0 saturated carbocycles. The lowest BCUT2D eigenvalue weighted by atomic mass is 10.1. The Morgan fingerprint density at radius 3 is 3.05 bits per heavy atom. The summed E-state index contributed by atoms with van der Waals surface area (Å²) in [5, 5.41) is 17.8. The molecule has 120 valence electrons. The van der Waals surface area contributed by atoms with Gasteiger partial charge in [0.15, 0.2) is 5.11 Å². The van der Waals surface area contributed by atoms with Gasteiger partial charge in [-0.3, -0.25) is 5.43 Å². The summed E-state index contributed by atoms with van der Waals surface area (Å²) in [6.45, 7) is 3.49. The van der Waals surface area contributed by atoms with Gasteiger partial charge in [0.05, 0.1) is 11.8 Å². The van der Waals surface area contributed by atoms with Crippen molar-refractivity contribution >= 4 is 39.0 Å². The molecule has 5 nitrogen and oxygen atoms in total. The molecule has 0 bridgehead atoms. The van der Waals surface area contributed by atoms with E-state index in [9.17, 15) is 5.11 Å². The molecule has 1 heterocycles. The quantitative estimate of drug-likeness (QED) is 0.413. The van der Waals surface area contributed by atoms with E-state index in [1.807, 2.05) is 13.0 Å². The molecule has 3 N–H and O–H groups in total. The van der Waals surface area contributed by atoms with Crippen LogP contribution in [0, 0.1) is 0 Å². The van der Waals surface area contributed by atoms with Gasteiger partial charge in [-0.05, 0) is 49.7 Å². The zero-order chi connectivity index (χ0) is 15.9. The number of hydrogen-bond acceptors (Lipinski definition) is 4. The third-order valence-corrected chi connectivity index (χ3v) is 4.14. The number of hydrogen-bond donors (Lipinski definition) is 3. The molecule has 0 radical (unpaired) electrons. The van der Waals surface area contributed by atoms with E-state index in [2.05, 4.69) is 31.8 Å². The monoisotopic (exact) mass is 385 g/mol. The second kappa shape index (κ2) is 8.45. The van der Waals surface area contributed by atoms with Gasteiger partial charge in [0.25, 0.3) is 0 Å². The molecule has 1 fully saturated rings. The predicted molar refractivity (Wildman–Crippen MR) is 95.3 cm³/mol. The Morgan fingerprint density at radius 2 is 2.36 bits per heavy atom. The first-order chi connectivity index (χ1) is 10.6.